The topological polar surface area (TPSA) is 96.0 Å². The van der Waals surface area contributed by atoms with Crippen molar-refractivity contribution in [3.63, 3.8) is 0 Å². The van der Waals surface area contributed by atoms with Crippen molar-refractivity contribution in [2.24, 2.45) is 0 Å². The van der Waals surface area contributed by atoms with Crippen LogP contribution in [0.25, 0.3) is 0 Å². The van der Waals surface area contributed by atoms with E-state index < -0.39 is 16.1 Å². The van der Waals surface area contributed by atoms with Crippen molar-refractivity contribution in [1.29, 1.82) is 0 Å². The predicted molar refractivity (Wildman–Crippen MR) is 180 cm³/mol. The summed E-state index contributed by atoms with van der Waals surface area (Å²) in [5.41, 5.74) is 2.06. The summed E-state index contributed by atoms with van der Waals surface area (Å²) in [7, 11) is -2.09. The Morgan fingerprint density at radius 2 is 1.67 bits per heavy atom. The molecule has 2 amide bonds. The number of nitrogens with zero attached hydrogens (tertiary/aromatic N) is 2. The van der Waals surface area contributed by atoms with E-state index in [0.29, 0.717) is 33.5 Å². The molecule has 45 heavy (non-hydrogen) atoms. The smallest absolute Gasteiger partial charge is 0.243 e. The fraction of sp³-hybridized carbons (Fsp3) is 0.412. The molecule has 1 saturated carbocycles. The monoisotopic (exact) mass is 673 g/mol. The summed E-state index contributed by atoms with van der Waals surface area (Å²) in [4.78, 5) is 29.7. The van der Waals surface area contributed by atoms with Crippen molar-refractivity contribution in [1.82, 2.24) is 10.2 Å². The predicted octanol–water partition coefficient (Wildman–Crippen LogP) is 6.64. The SMILES string of the molecule is COc1ccc(N(CCCC(=O)N(Cc2ccc(Cl)cc2Cl)[C@H](Cc2ccccc2)C(=O)NC2CCCCC2)S(C)(=O)=O)cc1. The second-order valence-electron chi connectivity index (χ2n) is 11.4. The molecule has 0 radical (unpaired) electrons. The zero-order chi connectivity index (χ0) is 32.4. The molecular weight excluding hydrogens is 633 g/mol. The van der Waals surface area contributed by atoms with E-state index in [2.05, 4.69) is 5.32 Å². The van der Waals surface area contributed by atoms with Gasteiger partial charge < -0.3 is 15.0 Å². The Kier molecular flexibility index (Phi) is 12.6. The van der Waals surface area contributed by atoms with Crippen molar-refractivity contribution in [3.8, 4) is 5.75 Å². The number of hydrogen-bond donors (Lipinski definition) is 1. The zero-order valence-corrected chi connectivity index (χ0v) is 28.1. The maximum atomic E-state index is 14.1. The highest BCUT2D eigenvalue weighted by molar-refractivity contribution is 7.92. The van der Waals surface area contributed by atoms with Gasteiger partial charge in [-0.15, -0.1) is 0 Å². The molecule has 0 bridgehead atoms. The van der Waals surface area contributed by atoms with Crippen LogP contribution in [0, 0.1) is 0 Å². The highest BCUT2D eigenvalue weighted by Gasteiger charge is 2.32. The van der Waals surface area contributed by atoms with Crippen molar-refractivity contribution in [2.75, 3.05) is 24.2 Å². The Balaban J connectivity index is 1.60. The van der Waals surface area contributed by atoms with E-state index in [0.717, 1.165) is 43.9 Å². The van der Waals surface area contributed by atoms with Gasteiger partial charge in [0.25, 0.3) is 0 Å². The number of methoxy groups -OCH3 is 1. The van der Waals surface area contributed by atoms with E-state index in [1.165, 1.54) is 4.31 Å². The molecule has 8 nitrogen and oxygen atoms in total. The molecular formula is C34H41Cl2N3O5S. The van der Waals surface area contributed by atoms with Crippen molar-refractivity contribution < 1.29 is 22.7 Å². The van der Waals surface area contributed by atoms with Crippen LogP contribution in [0.15, 0.2) is 72.8 Å². The number of amides is 2. The van der Waals surface area contributed by atoms with Gasteiger partial charge in [0.1, 0.15) is 11.8 Å². The lowest BCUT2D eigenvalue weighted by Crippen LogP contribution is -2.53. The van der Waals surface area contributed by atoms with Gasteiger partial charge >= 0.3 is 0 Å². The number of ether oxygens (including phenoxy) is 1. The standard InChI is InChI=1S/C34H41Cl2N3O5S/c1-44-30-19-17-29(18-20-30)39(45(2,42)43)21-9-14-33(40)38(24-26-15-16-27(35)23-31(26)36)32(22-25-10-5-3-6-11-25)34(41)37-28-12-7-4-8-13-28/h3,5-6,10-11,15-20,23,28,32H,4,7-9,12-14,21-22,24H2,1-2H3,(H,37,41)/t32-/m1/s1. The van der Waals surface area contributed by atoms with Crippen LogP contribution in [0.2, 0.25) is 10.0 Å². The molecule has 4 rings (SSSR count). The number of carbonyl (C=O) groups is 2. The fourth-order valence-electron chi connectivity index (χ4n) is 5.68. The molecule has 11 heteroatoms. The van der Waals surface area contributed by atoms with Gasteiger partial charge in [0.2, 0.25) is 21.8 Å². The van der Waals surface area contributed by atoms with Gasteiger partial charge in [-0.25, -0.2) is 8.42 Å². The molecule has 1 fully saturated rings. The van der Waals surface area contributed by atoms with Crippen LogP contribution in [-0.4, -0.2) is 57.1 Å². The molecule has 0 spiro atoms. The molecule has 3 aromatic rings. The average Bonchev–Trinajstić information content (AvgIpc) is 3.02. The minimum Gasteiger partial charge on any atom is -0.497 e. The summed E-state index contributed by atoms with van der Waals surface area (Å²) in [6, 6.07) is 20.7. The molecule has 242 valence electrons. The molecule has 0 unspecified atom stereocenters. The number of nitrogens with one attached hydrogen (secondary N) is 1. The third-order valence-corrected chi connectivity index (χ3v) is 9.87. The third-order valence-electron chi connectivity index (χ3n) is 8.09. The minimum atomic E-state index is -3.63. The largest absolute Gasteiger partial charge is 0.497 e. The maximum Gasteiger partial charge on any atom is 0.243 e. The van der Waals surface area contributed by atoms with Crippen LogP contribution in [0.3, 0.4) is 0 Å². The second kappa shape index (κ2) is 16.3. The van der Waals surface area contributed by atoms with Gasteiger partial charge in [-0.1, -0.05) is 78.9 Å². The Bertz CT molecular complexity index is 1530. The first-order valence-electron chi connectivity index (χ1n) is 15.2. The van der Waals surface area contributed by atoms with Gasteiger partial charge in [0, 0.05) is 42.0 Å². The quantitative estimate of drug-likeness (QED) is 0.207. The molecule has 1 atom stereocenters. The fourth-order valence-corrected chi connectivity index (χ4v) is 7.12. The highest BCUT2D eigenvalue weighted by Crippen LogP contribution is 2.26. The van der Waals surface area contributed by atoms with E-state index in [-0.39, 0.29) is 43.8 Å². The zero-order valence-electron chi connectivity index (χ0n) is 25.8. The lowest BCUT2D eigenvalue weighted by Gasteiger charge is -2.34. The molecule has 0 heterocycles. The van der Waals surface area contributed by atoms with Crippen LogP contribution in [-0.2, 0) is 32.6 Å². The number of benzene rings is 3. The molecule has 1 aliphatic rings. The summed E-state index contributed by atoms with van der Waals surface area (Å²) in [5.74, 6) is 0.124. The van der Waals surface area contributed by atoms with Gasteiger partial charge in [0.05, 0.1) is 19.1 Å². The van der Waals surface area contributed by atoms with Crippen LogP contribution in [0.1, 0.15) is 56.1 Å². The number of anilines is 1. The number of hydrogen-bond acceptors (Lipinski definition) is 5. The molecule has 0 aliphatic heterocycles. The number of halogens is 2. The highest BCUT2D eigenvalue weighted by atomic mass is 35.5. The Morgan fingerprint density at radius 1 is 0.978 bits per heavy atom. The first-order chi connectivity index (χ1) is 21.5. The van der Waals surface area contributed by atoms with Crippen LogP contribution >= 0.6 is 23.2 Å². The first-order valence-corrected chi connectivity index (χ1v) is 17.8. The summed E-state index contributed by atoms with van der Waals surface area (Å²) in [5, 5.41) is 4.09. The summed E-state index contributed by atoms with van der Waals surface area (Å²) < 4.78 is 31.9. The molecule has 3 aromatic carbocycles. The maximum absolute atomic E-state index is 14.1. The van der Waals surface area contributed by atoms with Gasteiger partial charge in [-0.2, -0.15) is 0 Å². The lowest BCUT2D eigenvalue weighted by molar-refractivity contribution is -0.141. The minimum absolute atomic E-state index is 0.0232. The van der Waals surface area contributed by atoms with Crippen LogP contribution in [0.4, 0.5) is 5.69 Å². The molecule has 0 aromatic heterocycles. The molecule has 1 aliphatic carbocycles. The van der Waals surface area contributed by atoms with Crippen LogP contribution in [0.5, 0.6) is 5.75 Å². The van der Waals surface area contributed by atoms with Gasteiger partial charge in [-0.05, 0) is 66.8 Å². The van der Waals surface area contributed by atoms with E-state index >= 15 is 0 Å². The van der Waals surface area contributed by atoms with E-state index in [1.807, 2.05) is 30.3 Å². The van der Waals surface area contributed by atoms with E-state index in [4.69, 9.17) is 27.9 Å². The Labute approximate surface area is 276 Å². The number of sulfonamides is 1. The first kappa shape index (κ1) is 34.6. The van der Waals surface area contributed by atoms with Crippen molar-refractivity contribution >= 4 is 50.7 Å². The number of rotatable bonds is 14. The summed E-state index contributed by atoms with van der Waals surface area (Å²) >= 11 is 12.7. The van der Waals surface area contributed by atoms with Crippen molar-refractivity contribution in [2.45, 2.75) is 70.0 Å². The van der Waals surface area contributed by atoms with E-state index in [1.54, 1.807) is 54.5 Å². The summed E-state index contributed by atoms with van der Waals surface area (Å²) in [6.45, 7) is 0.183. The van der Waals surface area contributed by atoms with E-state index in [9.17, 15) is 18.0 Å². The Morgan fingerprint density at radius 3 is 2.29 bits per heavy atom. The van der Waals surface area contributed by atoms with Gasteiger partial charge in [-0.3, -0.25) is 13.9 Å². The molecule has 1 N–H and O–H groups in total. The third kappa shape index (κ3) is 10.1. The van der Waals surface area contributed by atoms with Crippen LogP contribution < -0.4 is 14.4 Å². The van der Waals surface area contributed by atoms with Gasteiger partial charge in [0.15, 0.2) is 0 Å². The normalized spacial score (nSPS) is 14.4. The Hall–Kier alpha value is -3.27. The summed E-state index contributed by atoms with van der Waals surface area (Å²) in [6.07, 6.45) is 6.81. The lowest BCUT2D eigenvalue weighted by atomic mass is 9.94. The average molecular weight is 675 g/mol. The molecule has 0 saturated heterocycles. The van der Waals surface area contributed by atoms with Crippen molar-refractivity contribution in [3.05, 3.63) is 94.0 Å². The second-order valence-corrected chi connectivity index (χ2v) is 14.2. The number of carbonyl (C=O) groups excluding carboxylic acids is 2.